The zero-order valence-electron chi connectivity index (χ0n) is 14.7. The van der Waals surface area contributed by atoms with E-state index in [9.17, 15) is 5.26 Å². The third-order valence-electron chi connectivity index (χ3n) is 3.84. The molecule has 26 heavy (non-hydrogen) atoms. The minimum absolute atomic E-state index is 0.238. The van der Waals surface area contributed by atoms with Crippen molar-refractivity contribution in [1.82, 2.24) is 4.98 Å². The number of anilines is 1. The van der Waals surface area contributed by atoms with Gasteiger partial charge in [0.05, 0.1) is 7.11 Å². The first-order chi connectivity index (χ1) is 12.7. The molecule has 5 heteroatoms. The molecule has 0 saturated heterocycles. The van der Waals surface area contributed by atoms with Crippen LogP contribution in [0.4, 0.5) is 5.88 Å². The topological polar surface area (TPSA) is 71.1 Å². The molecule has 2 aromatic carbocycles. The van der Waals surface area contributed by atoms with Crippen LogP contribution < -0.4 is 10.1 Å². The van der Waals surface area contributed by atoms with Gasteiger partial charge in [-0.2, -0.15) is 10.2 Å². The van der Waals surface area contributed by atoms with E-state index in [1.54, 1.807) is 13.2 Å². The molecule has 1 N–H and O–H groups in total. The molecular formula is C21H19N3O2. The van der Waals surface area contributed by atoms with Gasteiger partial charge in [0.1, 0.15) is 11.8 Å². The van der Waals surface area contributed by atoms with Gasteiger partial charge in [-0.25, -0.2) is 0 Å². The number of aryl methyl sites for hydroxylation is 1. The van der Waals surface area contributed by atoms with Crippen molar-refractivity contribution in [3.63, 3.8) is 0 Å². The number of hydrogen-bond acceptors (Lipinski definition) is 5. The van der Waals surface area contributed by atoms with Gasteiger partial charge in [0, 0.05) is 12.6 Å². The number of oxazole rings is 1. The van der Waals surface area contributed by atoms with Gasteiger partial charge in [0.15, 0.2) is 0 Å². The Bertz CT molecular complexity index is 950. The second-order valence-electron chi connectivity index (χ2n) is 5.79. The summed E-state index contributed by atoms with van der Waals surface area (Å²) in [4.78, 5) is 4.20. The van der Waals surface area contributed by atoms with Crippen LogP contribution in [0.5, 0.6) is 5.75 Å². The average Bonchev–Trinajstić information content (AvgIpc) is 3.08. The van der Waals surface area contributed by atoms with Crippen LogP contribution in [0.1, 0.15) is 28.3 Å². The Balaban J connectivity index is 1.72. The van der Waals surface area contributed by atoms with Crippen molar-refractivity contribution in [2.45, 2.75) is 13.5 Å². The van der Waals surface area contributed by atoms with E-state index in [4.69, 9.17) is 9.15 Å². The predicted octanol–water partition coefficient (Wildman–Crippen LogP) is 4.65. The normalized spacial score (nSPS) is 10.7. The number of nitrogens with zero attached hydrogens (tertiary/aromatic N) is 2. The quantitative estimate of drug-likeness (QED) is 0.704. The molecule has 0 spiro atoms. The molecule has 1 aromatic heterocycles. The smallest absolute Gasteiger partial charge is 0.232 e. The van der Waals surface area contributed by atoms with E-state index in [0.29, 0.717) is 18.3 Å². The van der Waals surface area contributed by atoms with Crippen molar-refractivity contribution in [3.8, 4) is 11.8 Å². The Labute approximate surface area is 152 Å². The van der Waals surface area contributed by atoms with E-state index in [2.05, 4.69) is 16.4 Å². The van der Waals surface area contributed by atoms with Gasteiger partial charge in [-0.1, -0.05) is 42.0 Å². The molecule has 0 bridgehead atoms. The van der Waals surface area contributed by atoms with Crippen LogP contribution >= 0.6 is 0 Å². The number of methoxy groups -OCH3 is 1. The zero-order chi connectivity index (χ0) is 18.4. The van der Waals surface area contributed by atoms with Crippen molar-refractivity contribution < 1.29 is 9.15 Å². The second kappa shape index (κ2) is 8.04. The molecule has 3 aromatic rings. The van der Waals surface area contributed by atoms with Crippen molar-refractivity contribution in [2.24, 2.45) is 0 Å². The molecule has 0 aliphatic carbocycles. The molecule has 0 radical (unpaired) electrons. The van der Waals surface area contributed by atoms with E-state index in [1.807, 2.05) is 61.5 Å². The van der Waals surface area contributed by atoms with Crippen molar-refractivity contribution in [1.29, 1.82) is 5.26 Å². The zero-order valence-corrected chi connectivity index (χ0v) is 14.7. The van der Waals surface area contributed by atoms with Gasteiger partial charge >= 0.3 is 0 Å². The fourth-order valence-electron chi connectivity index (χ4n) is 2.40. The van der Waals surface area contributed by atoms with Gasteiger partial charge in [-0.05, 0) is 36.3 Å². The van der Waals surface area contributed by atoms with Crippen LogP contribution in [-0.2, 0) is 6.54 Å². The molecule has 130 valence electrons. The van der Waals surface area contributed by atoms with Crippen LogP contribution in [-0.4, -0.2) is 12.1 Å². The van der Waals surface area contributed by atoms with Gasteiger partial charge in [0.2, 0.25) is 17.5 Å². The summed E-state index contributed by atoms with van der Waals surface area (Å²) in [6.07, 6.45) is 3.59. The molecule has 0 saturated carbocycles. The lowest BCUT2D eigenvalue weighted by Gasteiger charge is -2.03. The largest absolute Gasteiger partial charge is 0.497 e. The number of hydrogen-bond donors (Lipinski definition) is 1. The summed E-state index contributed by atoms with van der Waals surface area (Å²) in [6, 6.07) is 17.9. The highest BCUT2D eigenvalue weighted by Gasteiger charge is 2.11. The maximum absolute atomic E-state index is 9.27. The molecule has 0 aliphatic heterocycles. The minimum Gasteiger partial charge on any atom is -0.497 e. The summed E-state index contributed by atoms with van der Waals surface area (Å²) in [5.41, 5.74) is 3.50. The highest BCUT2D eigenvalue weighted by Crippen LogP contribution is 2.20. The van der Waals surface area contributed by atoms with Crippen LogP contribution in [0, 0.1) is 18.3 Å². The molecule has 0 atom stereocenters. The van der Waals surface area contributed by atoms with Crippen molar-refractivity contribution >= 4 is 18.0 Å². The third-order valence-corrected chi connectivity index (χ3v) is 3.84. The molecule has 5 nitrogen and oxygen atoms in total. The summed E-state index contributed by atoms with van der Waals surface area (Å²) >= 11 is 0. The van der Waals surface area contributed by atoms with Gasteiger partial charge < -0.3 is 14.5 Å². The van der Waals surface area contributed by atoms with Crippen LogP contribution in [0.3, 0.4) is 0 Å². The lowest BCUT2D eigenvalue weighted by atomic mass is 10.1. The first-order valence-corrected chi connectivity index (χ1v) is 8.20. The number of ether oxygens (including phenoxy) is 1. The number of nitriles is 1. The van der Waals surface area contributed by atoms with E-state index >= 15 is 0 Å². The highest BCUT2D eigenvalue weighted by atomic mass is 16.5. The lowest BCUT2D eigenvalue weighted by Crippen LogP contribution is -1.99. The fourth-order valence-corrected chi connectivity index (χ4v) is 2.40. The average molecular weight is 345 g/mol. The number of rotatable bonds is 6. The Morgan fingerprint density at radius 2 is 2.00 bits per heavy atom. The Morgan fingerprint density at radius 3 is 2.73 bits per heavy atom. The van der Waals surface area contributed by atoms with E-state index in [-0.39, 0.29) is 5.69 Å². The van der Waals surface area contributed by atoms with Crippen LogP contribution in [0.15, 0.2) is 52.9 Å². The molecule has 1 heterocycles. The molecule has 0 aliphatic rings. The van der Waals surface area contributed by atoms with E-state index in [1.165, 1.54) is 5.56 Å². The minimum atomic E-state index is 0.238. The third kappa shape index (κ3) is 4.31. The summed E-state index contributed by atoms with van der Waals surface area (Å²) in [6.45, 7) is 2.60. The second-order valence-corrected chi connectivity index (χ2v) is 5.79. The summed E-state index contributed by atoms with van der Waals surface area (Å²) in [5, 5.41) is 12.4. The number of aromatic nitrogens is 1. The van der Waals surface area contributed by atoms with Crippen LogP contribution in [0.2, 0.25) is 0 Å². The predicted molar refractivity (Wildman–Crippen MR) is 102 cm³/mol. The Morgan fingerprint density at radius 1 is 1.19 bits per heavy atom. The first-order valence-electron chi connectivity index (χ1n) is 8.20. The van der Waals surface area contributed by atoms with Gasteiger partial charge in [-0.15, -0.1) is 0 Å². The summed E-state index contributed by atoms with van der Waals surface area (Å²) < 4.78 is 10.9. The first kappa shape index (κ1) is 17.3. The monoisotopic (exact) mass is 345 g/mol. The maximum atomic E-state index is 9.27. The molecular weight excluding hydrogens is 326 g/mol. The molecule has 0 fully saturated rings. The van der Waals surface area contributed by atoms with Gasteiger partial charge in [0.25, 0.3) is 0 Å². The Kier molecular flexibility index (Phi) is 5.35. The lowest BCUT2D eigenvalue weighted by molar-refractivity contribution is 0.414. The van der Waals surface area contributed by atoms with E-state index < -0.39 is 0 Å². The fraction of sp³-hybridized carbons (Fsp3) is 0.143. The van der Waals surface area contributed by atoms with E-state index in [0.717, 1.165) is 16.9 Å². The highest BCUT2D eigenvalue weighted by molar-refractivity contribution is 5.67. The Hall–Kier alpha value is -3.52. The molecule has 0 amide bonds. The van der Waals surface area contributed by atoms with Crippen LogP contribution in [0.25, 0.3) is 12.2 Å². The molecule has 0 unspecified atom stereocenters. The molecule has 3 rings (SSSR count). The SMILES string of the molecule is COc1cccc(/C=C/c2nc(C#N)c(NCc3ccc(C)cc3)o2)c1. The van der Waals surface area contributed by atoms with Gasteiger partial charge in [-0.3, -0.25) is 0 Å². The number of nitrogens with one attached hydrogen (secondary N) is 1. The number of benzene rings is 2. The van der Waals surface area contributed by atoms with Crippen molar-refractivity contribution in [2.75, 3.05) is 12.4 Å². The summed E-state index contributed by atoms with van der Waals surface area (Å²) in [5.74, 6) is 1.52. The summed E-state index contributed by atoms with van der Waals surface area (Å²) in [7, 11) is 1.63. The van der Waals surface area contributed by atoms with Crippen molar-refractivity contribution in [3.05, 3.63) is 76.8 Å². The maximum Gasteiger partial charge on any atom is 0.232 e. The standard InChI is InChI=1S/C21H19N3O2/c1-15-6-8-17(9-7-15)14-23-21-19(13-22)24-20(26-21)11-10-16-4-3-5-18(12-16)25-2/h3-12,23H,14H2,1-2H3/b11-10+.